The molecule has 2 heterocycles. The molecule has 2 aromatic carbocycles. The summed E-state index contributed by atoms with van der Waals surface area (Å²) in [6.07, 6.45) is 6.93. The van der Waals surface area contributed by atoms with E-state index >= 15 is 0 Å². The Labute approximate surface area is 188 Å². The number of hydrogen-bond acceptors (Lipinski definition) is 5. The molecule has 2 fully saturated rings. The Morgan fingerprint density at radius 3 is 3.00 bits per heavy atom. The molecule has 168 valence electrons. The minimum atomic E-state index is -1.74. The standard InChI is InChI=1S/C24H25FN2O4S/c1-30-24(28)22-20(8-7-18-19-12-15(19)13-31-23(18)22)27-32(29)21-9-5-16(25)11-14(21)4-6-17-3-2-10-26-17/h4-9,11,15,17,19,26-27H,2-3,10,12-13H2,1H3/b6-4-/t15-,17-,19-,32?/m0/s1. The number of hydrogen-bond donors (Lipinski definition) is 2. The molecule has 1 saturated carbocycles. The van der Waals surface area contributed by atoms with E-state index in [1.165, 1.54) is 25.3 Å². The molecule has 0 radical (unpaired) electrons. The topological polar surface area (TPSA) is 76.7 Å². The van der Waals surface area contributed by atoms with Crippen LogP contribution in [0.3, 0.4) is 0 Å². The van der Waals surface area contributed by atoms with E-state index in [2.05, 4.69) is 10.0 Å². The maximum Gasteiger partial charge on any atom is 0.343 e. The van der Waals surface area contributed by atoms with Crippen LogP contribution in [0.15, 0.2) is 41.3 Å². The van der Waals surface area contributed by atoms with Crippen LogP contribution < -0.4 is 14.8 Å². The summed E-state index contributed by atoms with van der Waals surface area (Å²) in [6.45, 7) is 1.52. The van der Waals surface area contributed by atoms with E-state index in [0.717, 1.165) is 31.4 Å². The van der Waals surface area contributed by atoms with Crippen LogP contribution in [-0.2, 0) is 15.7 Å². The molecule has 32 heavy (non-hydrogen) atoms. The molecule has 0 spiro atoms. The number of ether oxygens (including phenoxy) is 2. The summed E-state index contributed by atoms with van der Waals surface area (Å²) >= 11 is 0. The molecule has 2 aromatic rings. The van der Waals surface area contributed by atoms with E-state index in [1.807, 2.05) is 12.1 Å². The average Bonchev–Trinajstić information content (AvgIpc) is 3.41. The highest BCUT2D eigenvalue weighted by Gasteiger charge is 2.45. The number of esters is 1. The maximum atomic E-state index is 13.9. The summed E-state index contributed by atoms with van der Waals surface area (Å²) in [4.78, 5) is 13.0. The smallest absolute Gasteiger partial charge is 0.343 e. The van der Waals surface area contributed by atoms with E-state index in [-0.39, 0.29) is 11.6 Å². The lowest BCUT2D eigenvalue weighted by atomic mass is 10.0. The molecule has 6 nitrogen and oxygen atoms in total. The zero-order valence-electron chi connectivity index (χ0n) is 17.7. The van der Waals surface area contributed by atoms with E-state index in [4.69, 9.17) is 9.47 Å². The average molecular weight is 457 g/mol. The van der Waals surface area contributed by atoms with E-state index in [0.29, 0.717) is 40.3 Å². The Bertz CT molecular complexity index is 1110. The van der Waals surface area contributed by atoms with E-state index in [1.54, 1.807) is 12.1 Å². The number of carbonyl (C=O) groups is 1. The van der Waals surface area contributed by atoms with Gasteiger partial charge in [0, 0.05) is 12.0 Å². The molecule has 1 unspecified atom stereocenters. The highest BCUT2D eigenvalue weighted by molar-refractivity contribution is 7.86. The number of methoxy groups -OCH3 is 1. The lowest BCUT2D eigenvalue weighted by Crippen LogP contribution is -2.18. The molecule has 0 bridgehead atoms. The number of rotatable bonds is 6. The van der Waals surface area contributed by atoms with Crippen molar-refractivity contribution in [3.05, 3.63) is 58.9 Å². The number of halogens is 1. The molecule has 2 aliphatic heterocycles. The number of benzene rings is 2. The fourth-order valence-electron chi connectivity index (χ4n) is 4.51. The van der Waals surface area contributed by atoms with Gasteiger partial charge in [0.15, 0.2) is 11.0 Å². The first-order valence-corrected chi connectivity index (χ1v) is 12.0. The second kappa shape index (κ2) is 8.67. The predicted molar refractivity (Wildman–Crippen MR) is 121 cm³/mol. The second-order valence-corrected chi connectivity index (χ2v) is 9.61. The van der Waals surface area contributed by atoms with Crippen molar-refractivity contribution in [2.24, 2.45) is 5.92 Å². The molecule has 0 aromatic heterocycles. The van der Waals surface area contributed by atoms with Crippen molar-refractivity contribution in [2.75, 3.05) is 25.0 Å². The Hall–Kier alpha value is -2.71. The van der Waals surface area contributed by atoms with Crippen molar-refractivity contribution < 1.29 is 22.9 Å². The first-order chi connectivity index (χ1) is 15.5. The summed E-state index contributed by atoms with van der Waals surface area (Å²) < 4.78 is 41.0. The Morgan fingerprint density at radius 2 is 2.22 bits per heavy atom. The quantitative estimate of drug-likeness (QED) is 0.643. The van der Waals surface area contributed by atoms with Crippen LogP contribution in [0.5, 0.6) is 5.75 Å². The highest BCUT2D eigenvalue weighted by Crippen LogP contribution is 2.55. The summed E-state index contributed by atoms with van der Waals surface area (Å²) in [7, 11) is -0.426. The Kier molecular flexibility index (Phi) is 5.73. The van der Waals surface area contributed by atoms with Crippen molar-refractivity contribution in [1.82, 2.24) is 5.32 Å². The summed E-state index contributed by atoms with van der Waals surface area (Å²) in [5, 5.41) is 3.35. The Morgan fingerprint density at radius 1 is 1.34 bits per heavy atom. The normalized spacial score (nSPS) is 24.4. The maximum absolute atomic E-state index is 13.9. The van der Waals surface area contributed by atoms with Gasteiger partial charge in [0.25, 0.3) is 0 Å². The molecular formula is C24H25FN2O4S. The first-order valence-electron chi connectivity index (χ1n) is 10.8. The minimum absolute atomic E-state index is 0.225. The molecule has 3 aliphatic rings. The van der Waals surface area contributed by atoms with Crippen LogP contribution >= 0.6 is 0 Å². The minimum Gasteiger partial charge on any atom is -0.492 e. The number of fused-ring (bicyclic) bond motifs is 3. The molecule has 5 rings (SSSR count). The fraction of sp³-hybridized carbons (Fsp3) is 0.375. The predicted octanol–water partition coefficient (Wildman–Crippen LogP) is 4.01. The molecule has 8 heteroatoms. The molecule has 1 saturated heterocycles. The van der Waals surface area contributed by atoms with Gasteiger partial charge in [0.05, 0.1) is 24.3 Å². The monoisotopic (exact) mass is 456 g/mol. The van der Waals surface area contributed by atoms with Crippen LogP contribution in [0.2, 0.25) is 0 Å². The molecule has 1 aliphatic carbocycles. The SMILES string of the molecule is COC(=O)c1c(NS(=O)c2ccc(F)cc2/C=C\[C@@H]2CCCN2)ccc2c1OC[C@@H]1C[C@H]21. The summed E-state index contributed by atoms with van der Waals surface area (Å²) in [5.74, 6) is 0.459. The lowest BCUT2D eigenvalue weighted by Gasteiger charge is -2.21. The number of carbonyl (C=O) groups excluding carboxylic acids is 1. The van der Waals surface area contributed by atoms with Gasteiger partial charge in [-0.05, 0) is 67.1 Å². The van der Waals surface area contributed by atoms with E-state index in [9.17, 15) is 13.4 Å². The van der Waals surface area contributed by atoms with Gasteiger partial charge in [0.1, 0.15) is 17.1 Å². The molecule has 0 amide bonds. The fourth-order valence-corrected chi connectivity index (χ4v) is 5.52. The van der Waals surface area contributed by atoms with Gasteiger partial charge in [-0.2, -0.15) is 0 Å². The van der Waals surface area contributed by atoms with Crippen LogP contribution in [0.25, 0.3) is 6.08 Å². The van der Waals surface area contributed by atoms with Crippen molar-refractivity contribution >= 4 is 28.7 Å². The van der Waals surface area contributed by atoms with Crippen molar-refractivity contribution in [3.63, 3.8) is 0 Å². The zero-order valence-corrected chi connectivity index (χ0v) is 18.5. The van der Waals surface area contributed by atoms with E-state index < -0.39 is 22.8 Å². The molecular weight excluding hydrogens is 431 g/mol. The summed E-state index contributed by atoms with van der Waals surface area (Å²) in [5.41, 5.74) is 2.13. The first kappa shape index (κ1) is 21.2. The van der Waals surface area contributed by atoms with Crippen LogP contribution in [0.1, 0.15) is 46.7 Å². The number of nitrogens with one attached hydrogen (secondary N) is 2. The third-order valence-corrected chi connectivity index (χ3v) is 7.50. The van der Waals surface area contributed by atoms with Crippen molar-refractivity contribution in [2.45, 2.75) is 36.1 Å². The van der Waals surface area contributed by atoms with Gasteiger partial charge < -0.3 is 19.5 Å². The van der Waals surface area contributed by atoms with Gasteiger partial charge >= 0.3 is 5.97 Å². The third-order valence-electron chi connectivity index (χ3n) is 6.32. The van der Waals surface area contributed by atoms with Gasteiger partial charge in [-0.15, -0.1) is 0 Å². The third kappa shape index (κ3) is 4.04. The largest absolute Gasteiger partial charge is 0.492 e. The van der Waals surface area contributed by atoms with Gasteiger partial charge in [-0.1, -0.05) is 18.2 Å². The van der Waals surface area contributed by atoms with Gasteiger partial charge in [-0.3, -0.25) is 0 Å². The van der Waals surface area contributed by atoms with Gasteiger partial charge in [0.2, 0.25) is 0 Å². The van der Waals surface area contributed by atoms with Crippen LogP contribution in [-0.4, -0.2) is 36.5 Å². The van der Waals surface area contributed by atoms with Gasteiger partial charge in [-0.25, -0.2) is 13.4 Å². The lowest BCUT2D eigenvalue weighted by molar-refractivity contribution is 0.0596. The van der Waals surface area contributed by atoms with Crippen molar-refractivity contribution in [1.29, 1.82) is 0 Å². The highest BCUT2D eigenvalue weighted by atomic mass is 32.2. The Balaban J connectivity index is 1.46. The van der Waals surface area contributed by atoms with Crippen LogP contribution in [0.4, 0.5) is 10.1 Å². The molecule has 2 N–H and O–H groups in total. The number of anilines is 1. The van der Waals surface area contributed by atoms with Crippen LogP contribution in [0, 0.1) is 11.7 Å². The summed E-state index contributed by atoms with van der Waals surface area (Å²) in [6, 6.07) is 8.04. The zero-order chi connectivity index (χ0) is 22.2. The molecule has 4 atom stereocenters. The second-order valence-electron chi connectivity index (χ2n) is 8.43. The van der Waals surface area contributed by atoms with Crippen molar-refractivity contribution in [3.8, 4) is 5.75 Å².